The predicted molar refractivity (Wildman–Crippen MR) is 77.2 cm³/mol. The van der Waals surface area contributed by atoms with Crippen molar-refractivity contribution in [1.82, 2.24) is 4.98 Å². The lowest BCUT2D eigenvalue weighted by Gasteiger charge is -1.99. The monoisotopic (exact) mass is 290 g/mol. The van der Waals surface area contributed by atoms with Crippen molar-refractivity contribution in [2.75, 3.05) is 6.54 Å². The third-order valence-corrected chi connectivity index (χ3v) is 3.32. The fourth-order valence-electron chi connectivity index (χ4n) is 2.06. The third-order valence-electron chi connectivity index (χ3n) is 3.04. The van der Waals surface area contributed by atoms with E-state index in [1.807, 2.05) is 24.3 Å². The Bertz CT molecular complexity index is 752. The largest absolute Gasteiger partial charge is 0.435 e. The van der Waals surface area contributed by atoms with Crippen molar-refractivity contribution in [1.29, 1.82) is 0 Å². The Kier molecular flexibility index (Phi) is 3.42. The van der Waals surface area contributed by atoms with Crippen LogP contribution in [0.2, 0.25) is 5.02 Å². The van der Waals surface area contributed by atoms with Gasteiger partial charge in [-0.3, -0.25) is 0 Å². The second-order valence-electron chi connectivity index (χ2n) is 4.49. The number of hydrogen-bond donors (Lipinski definition) is 1. The third kappa shape index (κ3) is 2.40. The average Bonchev–Trinajstić information content (AvgIpc) is 2.84. The molecule has 1 heterocycles. The number of aromatic nitrogens is 1. The summed E-state index contributed by atoms with van der Waals surface area (Å²) in [6.07, 6.45) is 0.824. The quantitative estimate of drug-likeness (QED) is 0.798. The smallest absolute Gasteiger partial charge is 0.227 e. The summed E-state index contributed by atoms with van der Waals surface area (Å²) in [5.41, 5.74) is 8.29. The molecule has 2 N–H and O–H groups in total. The van der Waals surface area contributed by atoms with Crippen LogP contribution in [0.5, 0.6) is 0 Å². The minimum atomic E-state index is -0.430. The molecule has 0 fully saturated rings. The standard InChI is InChI=1S/C15H12ClFN2O/c16-12-7-11(17)8-13-14(12)20-15(19-13)10-3-1-9(2-4-10)5-6-18/h1-4,7-8H,5-6,18H2. The van der Waals surface area contributed by atoms with Gasteiger partial charge in [-0.1, -0.05) is 23.7 Å². The molecule has 0 unspecified atom stereocenters. The highest BCUT2D eigenvalue weighted by atomic mass is 35.5. The van der Waals surface area contributed by atoms with E-state index in [1.54, 1.807) is 0 Å². The van der Waals surface area contributed by atoms with E-state index in [1.165, 1.54) is 12.1 Å². The van der Waals surface area contributed by atoms with Gasteiger partial charge in [0, 0.05) is 11.6 Å². The molecule has 3 aromatic rings. The SMILES string of the molecule is NCCc1ccc(-c2nc3cc(F)cc(Cl)c3o2)cc1. The van der Waals surface area contributed by atoms with Crippen LogP contribution in [0.4, 0.5) is 4.39 Å². The Morgan fingerprint density at radius 2 is 1.95 bits per heavy atom. The summed E-state index contributed by atoms with van der Waals surface area (Å²) in [6.45, 7) is 0.608. The van der Waals surface area contributed by atoms with Crippen LogP contribution >= 0.6 is 11.6 Å². The fraction of sp³-hybridized carbons (Fsp3) is 0.133. The van der Waals surface area contributed by atoms with Gasteiger partial charge in [0.05, 0.1) is 5.02 Å². The molecule has 0 aliphatic carbocycles. The van der Waals surface area contributed by atoms with Crippen LogP contribution in [-0.2, 0) is 6.42 Å². The zero-order valence-corrected chi connectivity index (χ0v) is 11.3. The first-order valence-electron chi connectivity index (χ1n) is 6.22. The minimum Gasteiger partial charge on any atom is -0.435 e. The maximum atomic E-state index is 13.3. The fourth-order valence-corrected chi connectivity index (χ4v) is 2.30. The second kappa shape index (κ2) is 5.23. The summed E-state index contributed by atoms with van der Waals surface area (Å²) >= 11 is 5.94. The first-order chi connectivity index (χ1) is 9.67. The van der Waals surface area contributed by atoms with Crippen molar-refractivity contribution in [2.24, 2.45) is 5.73 Å². The molecule has 5 heteroatoms. The molecule has 0 aliphatic rings. The van der Waals surface area contributed by atoms with Crippen LogP contribution in [0.25, 0.3) is 22.6 Å². The maximum absolute atomic E-state index is 13.3. The number of oxazole rings is 1. The second-order valence-corrected chi connectivity index (χ2v) is 4.90. The molecule has 0 atom stereocenters. The molecule has 0 saturated carbocycles. The number of halogens is 2. The number of nitrogens with zero attached hydrogens (tertiary/aromatic N) is 1. The van der Waals surface area contributed by atoms with Gasteiger partial charge in [-0.2, -0.15) is 0 Å². The maximum Gasteiger partial charge on any atom is 0.227 e. The lowest BCUT2D eigenvalue weighted by molar-refractivity contribution is 0.614. The molecule has 102 valence electrons. The van der Waals surface area contributed by atoms with Gasteiger partial charge >= 0.3 is 0 Å². The number of fused-ring (bicyclic) bond motifs is 1. The van der Waals surface area contributed by atoms with E-state index in [0.29, 0.717) is 23.5 Å². The summed E-state index contributed by atoms with van der Waals surface area (Å²) in [7, 11) is 0. The summed E-state index contributed by atoms with van der Waals surface area (Å²) in [4.78, 5) is 4.26. The molecule has 0 bridgehead atoms. The highest BCUT2D eigenvalue weighted by molar-refractivity contribution is 6.34. The number of nitrogens with two attached hydrogens (primary N) is 1. The highest BCUT2D eigenvalue weighted by Crippen LogP contribution is 2.30. The lowest BCUT2D eigenvalue weighted by atomic mass is 10.1. The average molecular weight is 291 g/mol. The first kappa shape index (κ1) is 13.1. The van der Waals surface area contributed by atoms with Crippen LogP contribution in [0.15, 0.2) is 40.8 Å². The summed E-state index contributed by atoms with van der Waals surface area (Å²) in [5, 5.41) is 0.221. The van der Waals surface area contributed by atoms with Crippen molar-refractivity contribution in [3.8, 4) is 11.5 Å². The zero-order chi connectivity index (χ0) is 14.1. The predicted octanol–water partition coefficient (Wildman–Crippen LogP) is 3.79. The Labute approximate surface area is 120 Å². The molecule has 0 radical (unpaired) electrons. The first-order valence-corrected chi connectivity index (χ1v) is 6.60. The van der Waals surface area contributed by atoms with E-state index in [0.717, 1.165) is 17.5 Å². The molecule has 0 saturated heterocycles. The van der Waals surface area contributed by atoms with E-state index < -0.39 is 5.82 Å². The molecule has 3 nitrogen and oxygen atoms in total. The van der Waals surface area contributed by atoms with Crippen molar-refractivity contribution < 1.29 is 8.81 Å². The summed E-state index contributed by atoms with van der Waals surface area (Å²) in [6, 6.07) is 10.3. The highest BCUT2D eigenvalue weighted by Gasteiger charge is 2.12. The number of hydrogen-bond acceptors (Lipinski definition) is 3. The molecule has 20 heavy (non-hydrogen) atoms. The van der Waals surface area contributed by atoms with Crippen LogP contribution in [-0.4, -0.2) is 11.5 Å². The lowest BCUT2D eigenvalue weighted by Crippen LogP contribution is -2.02. The summed E-state index contributed by atoms with van der Waals surface area (Å²) < 4.78 is 18.9. The number of rotatable bonds is 3. The van der Waals surface area contributed by atoms with Gasteiger partial charge < -0.3 is 10.2 Å². The van der Waals surface area contributed by atoms with Gasteiger partial charge in [-0.25, -0.2) is 9.37 Å². The van der Waals surface area contributed by atoms with Gasteiger partial charge in [0.1, 0.15) is 11.3 Å². The zero-order valence-electron chi connectivity index (χ0n) is 10.6. The molecular weight excluding hydrogens is 279 g/mol. The molecule has 0 spiro atoms. The molecule has 0 amide bonds. The van der Waals surface area contributed by atoms with Gasteiger partial charge in [0.15, 0.2) is 5.58 Å². The normalized spacial score (nSPS) is 11.2. The van der Waals surface area contributed by atoms with Crippen molar-refractivity contribution >= 4 is 22.7 Å². The van der Waals surface area contributed by atoms with E-state index in [2.05, 4.69) is 4.98 Å². The van der Waals surface area contributed by atoms with Crippen LogP contribution < -0.4 is 5.73 Å². The van der Waals surface area contributed by atoms with E-state index >= 15 is 0 Å². The van der Waals surface area contributed by atoms with Crippen LogP contribution in [0, 0.1) is 5.82 Å². The molecular formula is C15H12ClFN2O. The van der Waals surface area contributed by atoms with Crippen molar-refractivity contribution in [3.63, 3.8) is 0 Å². The van der Waals surface area contributed by atoms with Gasteiger partial charge in [0.25, 0.3) is 0 Å². The van der Waals surface area contributed by atoms with Crippen molar-refractivity contribution in [3.05, 3.63) is 52.8 Å². The van der Waals surface area contributed by atoms with E-state index in [9.17, 15) is 4.39 Å². The van der Waals surface area contributed by atoms with Gasteiger partial charge in [-0.05, 0) is 36.7 Å². The molecule has 1 aromatic heterocycles. The van der Waals surface area contributed by atoms with Crippen LogP contribution in [0.1, 0.15) is 5.56 Å². The molecule has 3 rings (SSSR count). The molecule has 0 aliphatic heterocycles. The van der Waals surface area contributed by atoms with Gasteiger partial charge in [-0.15, -0.1) is 0 Å². The van der Waals surface area contributed by atoms with E-state index in [4.69, 9.17) is 21.8 Å². The van der Waals surface area contributed by atoms with Crippen molar-refractivity contribution in [2.45, 2.75) is 6.42 Å². The molecule has 2 aromatic carbocycles. The Morgan fingerprint density at radius 3 is 2.65 bits per heavy atom. The topological polar surface area (TPSA) is 52.0 Å². The van der Waals surface area contributed by atoms with E-state index in [-0.39, 0.29) is 5.02 Å². The Morgan fingerprint density at radius 1 is 1.20 bits per heavy atom. The Hall–Kier alpha value is -1.91. The minimum absolute atomic E-state index is 0.221. The Balaban J connectivity index is 2.03. The number of benzene rings is 2. The summed E-state index contributed by atoms with van der Waals surface area (Å²) in [5.74, 6) is -0.00700. The van der Waals surface area contributed by atoms with Gasteiger partial charge in [0.2, 0.25) is 5.89 Å². The van der Waals surface area contributed by atoms with Crippen LogP contribution in [0.3, 0.4) is 0 Å².